The number of allylic oxidation sites excluding steroid dienone is 1. The molecule has 4 aliphatic rings. The lowest BCUT2D eigenvalue weighted by Crippen LogP contribution is -2.62. The summed E-state index contributed by atoms with van der Waals surface area (Å²) >= 11 is 0. The summed E-state index contributed by atoms with van der Waals surface area (Å²) in [5.74, 6) is -0.796. The second kappa shape index (κ2) is 8.22. The average molecular weight is 505 g/mol. The lowest BCUT2D eigenvalue weighted by Gasteiger charge is -2.66. The van der Waals surface area contributed by atoms with Gasteiger partial charge in [-0.15, -0.1) is 0 Å². The SMILES string of the molecule is CC(C)(O)/C=C/C(=O)[C@](C)(O)[C@H]1[C@H](O)C[C@@]2(C)[C@@H]3CC=C4[C@@H](C[C@H](O)[C@H](O)C4(C)C)[C@]3(C)CC[C@]12C. The predicted octanol–water partition coefficient (Wildman–Crippen LogP) is 3.54. The Kier molecular flexibility index (Phi) is 6.39. The van der Waals surface area contributed by atoms with Crippen LogP contribution < -0.4 is 0 Å². The fraction of sp³-hybridized carbons (Fsp3) is 0.833. The van der Waals surface area contributed by atoms with E-state index in [1.54, 1.807) is 13.8 Å². The molecule has 0 aromatic heterocycles. The molecule has 0 saturated heterocycles. The van der Waals surface area contributed by atoms with Gasteiger partial charge in [-0.05, 0) is 87.0 Å². The predicted molar refractivity (Wildman–Crippen MR) is 139 cm³/mol. The minimum atomic E-state index is -1.77. The summed E-state index contributed by atoms with van der Waals surface area (Å²) in [6.07, 6.45) is 5.97. The molecule has 0 aromatic carbocycles. The molecule has 3 saturated carbocycles. The van der Waals surface area contributed by atoms with E-state index in [-0.39, 0.29) is 22.7 Å². The van der Waals surface area contributed by atoms with E-state index < -0.39 is 52.0 Å². The van der Waals surface area contributed by atoms with Crippen LogP contribution >= 0.6 is 0 Å². The first-order valence-electron chi connectivity index (χ1n) is 13.7. The maximum Gasteiger partial charge on any atom is 0.187 e. The minimum Gasteiger partial charge on any atom is -0.393 e. The van der Waals surface area contributed by atoms with Gasteiger partial charge in [0.2, 0.25) is 0 Å². The molecule has 0 unspecified atom stereocenters. The second-order valence-electron chi connectivity index (χ2n) is 14.6. The van der Waals surface area contributed by atoms with Crippen LogP contribution in [0.3, 0.4) is 0 Å². The molecular formula is C30H48O6. The maximum absolute atomic E-state index is 13.2. The molecule has 4 aliphatic carbocycles. The van der Waals surface area contributed by atoms with Crippen LogP contribution in [0.4, 0.5) is 0 Å². The molecule has 5 N–H and O–H groups in total. The van der Waals surface area contributed by atoms with Gasteiger partial charge in [0.05, 0.1) is 23.9 Å². The highest BCUT2D eigenvalue weighted by molar-refractivity contribution is 5.97. The molecule has 204 valence electrons. The monoisotopic (exact) mass is 504 g/mol. The second-order valence-corrected chi connectivity index (χ2v) is 14.6. The van der Waals surface area contributed by atoms with Crippen molar-refractivity contribution in [2.75, 3.05) is 0 Å². The van der Waals surface area contributed by atoms with E-state index >= 15 is 0 Å². The molecule has 4 rings (SSSR count). The smallest absolute Gasteiger partial charge is 0.187 e. The van der Waals surface area contributed by atoms with Crippen LogP contribution in [-0.2, 0) is 4.79 Å². The van der Waals surface area contributed by atoms with Crippen molar-refractivity contribution in [2.45, 2.75) is 117 Å². The Labute approximate surface area is 216 Å². The molecule has 6 heteroatoms. The van der Waals surface area contributed by atoms with E-state index in [2.05, 4.69) is 26.8 Å². The van der Waals surface area contributed by atoms with Crippen molar-refractivity contribution in [3.63, 3.8) is 0 Å². The third-order valence-corrected chi connectivity index (χ3v) is 11.6. The summed E-state index contributed by atoms with van der Waals surface area (Å²) in [7, 11) is 0. The van der Waals surface area contributed by atoms with E-state index in [9.17, 15) is 30.3 Å². The first-order chi connectivity index (χ1) is 16.2. The number of ketones is 1. The first-order valence-corrected chi connectivity index (χ1v) is 13.7. The topological polar surface area (TPSA) is 118 Å². The standard InChI is InChI=1S/C30H48O6/c1-25(2,35)12-11-22(33)30(8,36)23-20(32)16-29(7)21-10-9-17-18(15-19(31)24(34)26(17,3)4)27(21,5)13-14-28(23,29)6/h9,11-12,18-21,23-24,31-32,34-36H,10,13-16H2,1-8H3/b12-11+/t18-,19+,20-,21-,23+,24+,27+,28-,29+,30+/m1/s1. The van der Waals surface area contributed by atoms with Crippen molar-refractivity contribution >= 4 is 5.78 Å². The molecule has 0 aromatic rings. The van der Waals surface area contributed by atoms with Gasteiger partial charge in [-0.2, -0.15) is 0 Å². The molecule has 0 heterocycles. The molecule has 6 nitrogen and oxygen atoms in total. The van der Waals surface area contributed by atoms with Crippen LogP contribution in [-0.4, -0.2) is 60.8 Å². The summed E-state index contributed by atoms with van der Waals surface area (Å²) in [6, 6.07) is 0. The van der Waals surface area contributed by atoms with E-state index in [4.69, 9.17) is 0 Å². The van der Waals surface area contributed by atoms with Crippen molar-refractivity contribution < 1.29 is 30.3 Å². The molecule has 10 atom stereocenters. The van der Waals surface area contributed by atoms with Gasteiger partial charge >= 0.3 is 0 Å². The van der Waals surface area contributed by atoms with Gasteiger partial charge in [0.25, 0.3) is 0 Å². The van der Waals surface area contributed by atoms with Gasteiger partial charge in [-0.25, -0.2) is 0 Å². The molecule has 3 fully saturated rings. The lowest BCUT2D eigenvalue weighted by atomic mass is 9.38. The molecule has 0 amide bonds. The van der Waals surface area contributed by atoms with Crippen LogP contribution in [0.2, 0.25) is 0 Å². The van der Waals surface area contributed by atoms with Gasteiger partial charge in [0.1, 0.15) is 5.60 Å². The number of carbonyl (C=O) groups is 1. The Morgan fingerprint density at radius 3 is 2.17 bits per heavy atom. The Balaban J connectivity index is 1.74. The Morgan fingerprint density at radius 2 is 1.58 bits per heavy atom. The van der Waals surface area contributed by atoms with Crippen LogP contribution in [0.5, 0.6) is 0 Å². The highest BCUT2D eigenvalue weighted by Gasteiger charge is 2.72. The summed E-state index contributed by atoms with van der Waals surface area (Å²) in [5, 5.41) is 54.7. The lowest BCUT2D eigenvalue weighted by molar-refractivity contribution is -0.180. The van der Waals surface area contributed by atoms with Gasteiger partial charge in [-0.1, -0.05) is 52.3 Å². The Bertz CT molecular complexity index is 972. The fourth-order valence-corrected chi connectivity index (χ4v) is 9.39. The number of fused-ring (bicyclic) bond motifs is 5. The summed E-state index contributed by atoms with van der Waals surface area (Å²) < 4.78 is 0. The molecule has 36 heavy (non-hydrogen) atoms. The van der Waals surface area contributed by atoms with Crippen LogP contribution in [0.1, 0.15) is 87.5 Å². The van der Waals surface area contributed by atoms with Gasteiger partial charge in [0.15, 0.2) is 5.78 Å². The zero-order chi connectivity index (χ0) is 27.3. The number of aliphatic hydroxyl groups is 5. The van der Waals surface area contributed by atoms with Gasteiger partial charge < -0.3 is 25.5 Å². The molecule has 0 bridgehead atoms. The van der Waals surface area contributed by atoms with Crippen LogP contribution in [0.25, 0.3) is 0 Å². The van der Waals surface area contributed by atoms with Crippen molar-refractivity contribution in [1.82, 2.24) is 0 Å². The number of aliphatic hydroxyl groups excluding tert-OH is 3. The highest BCUT2D eigenvalue weighted by Crippen LogP contribution is 2.75. The van der Waals surface area contributed by atoms with Crippen LogP contribution in [0.15, 0.2) is 23.8 Å². The number of hydrogen-bond donors (Lipinski definition) is 5. The third-order valence-electron chi connectivity index (χ3n) is 11.6. The largest absolute Gasteiger partial charge is 0.393 e. The zero-order valence-corrected chi connectivity index (χ0v) is 23.4. The maximum atomic E-state index is 13.2. The summed E-state index contributed by atoms with van der Waals surface area (Å²) in [6.45, 7) is 15.4. The normalized spacial score (nSPS) is 48.0. The molecule has 0 radical (unpaired) electrons. The molecule has 0 spiro atoms. The first kappa shape index (κ1) is 28.0. The van der Waals surface area contributed by atoms with Crippen molar-refractivity contribution in [2.24, 2.45) is 39.4 Å². The summed E-state index contributed by atoms with van der Waals surface area (Å²) in [5.41, 5.74) is -3.15. The fourth-order valence-electron chi connectivity index (χ4n) is 9.39. The van der Waals surface area contributed by atoms with Gasteiger partial charge in [-0.3, -0.25) is 4.79 Å². The Hall–Kier alpha value is -1.05. The van der Waals surface area contributed by atoms with Gasteiger partial charge in [0, 0.05) is 11.3 Å². The Morgan fingerprint density at radius 1 is 0.972 bits per heavy atom. The third kappa shape index (κ3) is 3.73. The molecule has 0 aliphatic heterocycles. The number of hydrogen-bond acceptors (Lipinski definition) is 6. The quantitative estimate of drug-likeness (QED) is 0.295. The average Bonchev–Trinajstić information content (AvgIpc) is 2.96. The zero-order valence-electron chi connectivity index (χ0n) is 23.4. The summed E-state index contributed by atoms with van der Waals surface area (Å²) in [4.78, 5) is 13.2. The van der Waals surface area contributed by atoms with E-state index in [0.29, 0.717) is 12.8 Å². The van der Waals surface area contributed by atoms with Crippen molar-refractivity contribution in [3.05, 3.63) is 23.8 Å². The van der Waals surface area contributed by atoms with Crippen LogP contribution in [0, 0.1) is 39.4 Å². The van der Waals surface area contributed by atoms with E-state index in [1.165, 1.54) is 24.6 Å². The highest BCUT2D eigenvalue weighted by atomic mass is 16.3. The van der Waals surface area contributed by atoms with E-state index in [0.717, 1.165) is 19.3 Å². The van der Waals surface area contributed by atoms with Crippen molar-refractivity contribution in [1.29, 1.82) is 0 Å². The van der Waals surface area contributed by atoms with E-state index in [1.807, 2.05) is 13.8 Å². The van der Waals surface area contributed by atoms with Crippen molar-refractivity contribution in [3.8, 4) is 0 Å². The molecular weight excluding hydrogens is 456 g/mol. The minimum absolute atomic E-state index is 0.123. The number of rotatable bonds is 4. The number of carbonyl (C=O) groups excluding carboxylic acids is 1.